The number of nitrogen functional groups attached to an aromatic ring is 1. The lowest BCUT2D eigenvalue weighted by atomic mass is 10.1. The Kier molecular flexibility index (Phi) is 6.39. The number of anilines is 2. The van der Waals surface area contributed by atoms with Crippen molar-refractivity contribution in [2.45, 2.75) is 10.8 Å². The molecular weight excluding hydrogens is 374 g/mol. The molecule has 0 aliphatic rings. The second kappa shape index (κ2) is 9.14. The maximum absolute atomic E-state index is 12.7. The SMILES string of the molecule is COc1cccc(C(=O)Nc2cccc(CSc3ncccc3N)c2)c1OC. The molecule has 28 heavy (non-hydrogen) atoms. The topological polar surface area (TPSA) is 86.5 Å². The summed E-state index contributed by atoms with van der Waals surface area (Å²) in [6.07, 6.45) is 1.72. The van der Waals surface area contributed by atoms with Crippen molar-refractivity contribution in [3.05, 3.63) is 71.9 Å². The second-order valence-corrected chi connectivity index (χ2v) is 6.85. The van der Waals surface area contributed by atoms with Gasteiger partial charge in [-0.05, 0) is 42.0 Å². The van der Waals surface area contributed by atoms with Crippen molar-refractivity contribution >= 4 is 29.0 Å². The Hall–Kier alpha value is -3.19. The third-order valence-electron chi connectivity index (χ3n) is 4.01. The Morgan fingerprint density at radius 3 is 2.68 bits per heavy atom. The Balaban J connectivity index is 1.73. The molecular formula is C21H21N3O3S. The number of carbonyl (C=O) groups excluding carboxylic acids is 1. The van der Waals surface area contributed by atoms with E-state index in [4.69, 9.17) is 15.2 Å². The van der Waals surface area contributed by atoms with Gasteiger partial charge in [-0.2, -0.15) is 0 Å². The molecule has 1 amide bonds. The number of ether oxygens (including phenoxy) is 2. The van der Waals surface area contributed by atoms with Crippen LogP contribution in [0.15, 0.2) is 65.8 Å². The van der Waals surface area contributed by atoms with E-state index in [1.54, 1.807) is 36.2 Å². The Labute approximate surface area is 168 Å². The van der Waals surface area contributed by atoms with Crippen molar-refractivity contribution in [1.82, 2.24) is 4.98 Å². The highest BCUT2D eigenvalue weighted by Crippen LogP contribution is 2.31. The second-order valence-electron chi connectivity index (χ2n) is 5.88. The van der Waals surface area contributed by atoms with E-state index < -0.39 is 0 Å². The first-order valence-corrected chi connectivity index (χ1v) is 9.55. The number of nitrogens with one attached hydrogen (secondary N) is 1. The van der Waals surface area contributed by atoms with Crippen LogP contribution in [0.4, 0.5) is 11.4 Å². The van der Waals surface area contributed by atoms with Crippen LogP contribution in [0.3, 0.4) is 0 Å². The van der Waals surface area contributed by atoms with Crippen molar-refractivity contribution in [2.75, 3.05) is 25.3 Å². The molecule has 3 aromatic rings. The maximum atomic E-state index is 12.7. The number of para-hydroxylation sites is 1. The molecule has 0 atom stereocenters. The lowest BCUT2D eigenvalue weighted by Gasteiger charge is -2.13. The zero-order valence-electron chi connectivity index (χ0n) is 15.6. The molecule has 144 valence electrons. The smallest absolute Gasteiger partial charge is 0.259 e. The van der Waals surface area contributed by atoms with Crippen LogP contribution in [-0.4, -0.2) is 25.1 Å². The molecule has 0 saturated carbocycles. The highest BCUT2D eigenvalue weighted by atomic mass is 32.2. The average molecular weight is 395 g/mol. The lowest BCUT2D eigenvalue weighted by Crippen LogP contribution is -2.13. The summed E-state index contributed by atoms with van der Waals surface area (Å²) in [6.45, 7) is 0. The molecule has 1 aromatic heterocycles. The summed E-state index contributed by atoms with van der Waals surface area (Å²) in [7, 11) is 3.05. The molecule has 0 unspecified atom stereocenters. The van der Waals surface area contributed by atoms with Crippen molar-refractivity contribution in [2.24, 2.45) is 0 Å². The summed E-state index contributed by atoms with van der Waals surface area (Å²) in [5, 5.41) is 3.70. The van der Waals surface area contributed by atoms with Gasteiger partial charge in [-0.15, -0.1) is 0 Å². The molecule has 6 nitrogen and oxygen atoms in total. The third-order valence-corrected chi connectivity index (χ3v) is 5.10. The molecule has 0 aliphatic carbocycles. The number of rotatable bonds is 7. The van der Waals surface area contributed by atoms with Crippen LogP contribution >= 0.6 is 11.8 Å². The van der Waals surface area contributed by atoms with Gasteiger partial charge in [0.25, 0.3) is 5.91 Å². The highest BCUT2D eigenvalue weighted by Gasteiger charge is 2.16. The van der Waals surface area contributed by atoms with Crippen molar-refractivity contribution < 1.29 is 14.3 Å². The van der Waals surface area contributed by atoms with E-state index in [1.807, 2.05) is 36.4 Å². The average Bonchev–Trinajstić information content (AvgIpc) is 2.72. The number of hydrogen-bond acceptors (Lipinski definition) is 6. The number of thioether (sulfide) groups is 1. The van der Waals surface area contributed by atoms with Gasteiger partial charge in [-0.1, -0.05) is 30.0 Å². The molecule has 3 rings (SSSR count). The number of pyridine rings is 1. The van der Waals surface area contributed by atoms with Gasteiger partial charge in [0.1, 0.15) is 5.03 Å². The number of hydrogen-bond donors (Lipinski definition) is 2. The van der Waals surface area contributed by atoms with E-state index in [9.17, 15) is 4.79 Å². The number of nitrogens with zero attached hydrogens (tertiary/aromatic N) is 1. The number of amides is 1. The molecule has 0 bridgehead atoms. The summed E-state index contributed by atoms with van der Waals surface area (Å²) >= 11 is 1.55. The van der Waals surface area contributed by atoms with E-state index in [2.05, 4.69) is 10.3 Å². The van der Waals surface area contributed by atoms with Crippen molar-refractivity contribution in [3.8, 4) is 11.5 Å². The van der Waals surface area contributed by atoms with E-state index in [0.29, 0.717) is 34.2 Å². The predicted molar refractivity (Wildman–Crippen MR) is 112 cm³/mol. The summed E-state index contributed by atoms with van der Waals surface area (Å²) < 4.78 is 10.6. The van der Waals surface area contributed by atoms with Gasteiger partial charge in [-0.25, -0.2) is 4.98 Å². The van der Waals surface area contributed by atoms with Crippen LogP contribution in [0.5, 0.6) is 11.5 Å². The normalized spacial score (nSPS) is 10.4. The van der Waals surface area contributed by atoms with Gasteiger partial charge in [-0.3, -0.25) is 4.79 Å². The lowest BCUT2D eigenvalue weighted by molar-refractivity contribution is 0.102. The Morgan fingerprint density at radius 2 is 1.93 bits per heavy atom. The fourth-order valence-corrected chi connectivity index (χ4v) is 3.53. The molecule has 7 heteroatoms. The first-order chi connectivity index (χ1) is 13.6. The first-order valence-electron chi connectivity index (χ1n) is 8.57. The molecule has 0 spiro atoms. The van der Waals surface area contributed by atoms with E-state index in [-0.39, 0.29) is 5.91 Å². The van der Waals surface area contributed by atoms with E-state index >= 15 is 0 Å². The van der Waals surface area contributed by atoms with Crippen LogP contribution in [0, 0.1) is 0 Å². The Bertz CT molecular complexity index is 979. The quantitative estimate of drug-likeness (QED) is 0.583. The van der Waals surface area contributed by atoms with Crippen LogP contribution in [0.25, 0.3) is 0 Å². The van der Waals surface area contributed by atoms with Crippen LogP contribution in [0.2, 0.25) is 0 Å². The number of carbonyl (C=O) groups is 1. The molecule has 0 radical (unpaired) electrons. The highest BCUT2D eigenvalue weighted by molar-refractivity contribution is 7.98. The minimum absolute atomic E-state index is 0.269. The summed E-state index contributed by atoms with van der Waals surface area (Å²) in [5.74, 6) is 1.33. The predicted octanol–water partition coefficient (Wildman–Crippen LogP) is 4.23. The van der Waals surface area contributed by atoms with Crippen molar-refractivity contribution in [1.29, 1.82) is 0 Å². The zero-order chi connectivity index (χ0) is 19.9. The number of nitrogens with two attached hydrogens (primary N) is 1. The first kappa shape index (κ1) is 19.6. The van der Waals surface area contributed by atoms with Gasteiger partial charge >= 0.3 is 0 Å². The minimum Gasteiger partial charge on any atom is -0.493 e. The molecule has 0 aliphatic heterocycles. The number of methoxy groups -OCH3 is 2. The number of aromatic nitrogens is 1. The maximum Gasteiger partial charge on any atom is 0.259 e. The summed E-state index contributed by atoms with van der Waals surface area (Å²) in [5.41, 5.74) is 8.74. The minimum atomic E-state index is -0.269. The van der Waals surface area contributed by atoms with Gasteiger partial charge in [0.05, 0.1) is 25.5 Å². The van der Waals surface area contributed by atoms with Crippen LogP contribution in [-0.2, 0) is 5.75 Å². The van der Waals surface area contributed by atoms with Crippen molar-refractivity contribution in [3.63, 3.8) is 0 Å². The van der Waals surface area contributed by atoms with Gasteiger partial charge < -0.3 is 20.5 Å². The summed E-state index contributed by atoms with van der Waals surface area (Å²) in [6, 6.07) is 16.5. The van der Waals surface area contributed by atoms with Crippen LogP contribution in [0.1, 0.15) is 15.9 Å². The van der Waals surface area contributed by atoms with Gasteiger partial charge in [0.2, 0.25) is 0 Å². The largest absolute Gasteiger partial charge is 0.493 e. The van der Waals surface area contributed by atoms with Gasteiger partial charge in [0, 0.05) is 17.6 Å². The molecule has 3 N–H and O–H groups in total. The fourth-order valence-electron chi connectivity index (χ4n) is 2.68. The monoisotopic (exact) mass is 395 g/mol. The molecule has 0 fully saturated rings. The Morgan fingerprint density at radius 1 is 1.11 bits per heavy atom. The fraction of sp³-hybridized carbons (Fsp3) is 0.143. The van der Waals surface area contributed by atoms with E-state index in [1.165, 1.54) is 14.2 Å². The molecule has 1 heterocycles. The molecule has 2 aromatic carbocycles. The zero-order valence-corrected chi connectivity index (χ0v) is 16.5. The summed E-state index contributed by atoms with van der Waals surface area (Å²) in [4.78, 5) is 17.0. The van der Waals surface area contributed by atoms with E-state index in [0.717, 1.165) is 10.6 Å². The van der Waals surface area contributed by atoms with Crippen LogP contribution < -0.4 is 20.5 Å². The number of benzene rings is 2. The standard InChI is InChI=1S/C21H21N3O3S/c1-26-18-10-4-8-16(19(18)27-2)20(25)24-15-7-3-6-14(12-15)13-28-21-17(22)9-5-11-23-21/h3-12H,13,22H2,1-2H3,(H,24,25). The third kappa shape index (κ3) is 4.55. The van der Waals surface area contributed by atoms with Gasteiger partial charge in [0.15, 0.2) is 11.5 Å². The molecule has 0 saturated heterocycles.